The van der Waals surface area contributed by atoms with Crippen molar-refractivity contribution >= 4 is 5.65 Å². The van der Waals surface area contributed by atoms with E-state index in [0.29, 0.717) is 12.0 Å². The van der Waals surface area contributed by atoms with Crippen molar-refractivity contribution in [3.63, 3.8) is 0 Å². The minimum Gasteiger partial charge on any atom is -0.380 e. The predicted molar refractivity (Wildman–Crippen MR) is 80.5 cm³/mol. The van der Waals surface area contributed by atoms with Gasteiger partial charge < -0.3 is 4.74 Å². The van der Waals surface area contributed by atoms with E-state index in [2.05, 4.69) is 27.1 Å². The molecule has 1 unspecified atom stereocenters. The van der Waals surface area contributed by atoms with Crippen LogP contribution in [0.5, 0.6) is 0 Å². The Bertz CT molecular complexity index is 624. The summed E-state index contributed by atoms with van der Waals surface area (Å²) in [5, 5.41) is 4.61. The van der Waals surface area contributed by atoms with Crippen molar-refractivity contribution in [1.29, 1.82) is 0 Å². The van der Waals surface area contributed by atoms with Gasteiger partial charge in [-0.25, -0.2) is 9.50 Å². The summed E-state index contributed by atoms with van der Waals surface area (Å²) in [6, 6.07) is 4.84. The van der Waals surface area contributed by atoms with Crippen molar-refractivity contribution < 1.29 is 4.74 Å². The van der Waals surface area contributed by atoms with Gasteiger partial charge in [0.2, 0.25) is 0 Å². The number of hydrogen-bond acceptors (Lipinski definition) is 4. The molecule has 0 N–H and O–H groups in total. The fourth-order valence-electron chi connectivity index (χ4n) is 3.71. The van der Waals surface area contributed by atoms with Crippen LogP contribution in [-0.4, -0.2) is 51.8 Å². The summed E-state index contributed by atoms with van der Waals surface area (Å²) in [6.45, 7) is 6.22. The molecule has 0 bridgehead atoms. The van der Waals surface area contributed by atoms with Gasteiger partial charge in [-0.1, -0.05) is 0 Å². The second-order valence-corrected chi connectivity index (χ2v) is 6.25. The van der Waals surface area contributed by atoms with Crippen LogP contribution in [0.15, 0.2) is 18.3 Å². The molecule has 0 radical (unpaired) electrons. The highest BCUT2D eigenvalue weighted by molar-refractivity contribution is 5.40. The van der Waals surface area contributed by atoms with Crippen LogP contribution >= 0.6 is 0 Å². The van der Waals surface area contributed by atoms with E-state index in [0.717, 1.165) is 24.6 Å². The molecule has 2 fully saturated rings. The van der Waals surface area contributed by atoms with Crippen molar-refractivity contribution in [1.82, 2.24) is 19.5 Å². The fraction of sp³-hybridized carbons (Fsp3) is 0.625. The minimum absolute atomic E-state index is 0.591. The van der Waals surface area contributed by atoms with Crippen LogP contribution in [-0.2, 0) is 4.74 Å². The highest BCUT2D eigenvalue weighted by atomic mass is 16.5. The first-order valence-electron chi connectivity index (χ1n) is 7.94. The molecule has 5 nitrogen and oxygen atoms in total. The van der Waals surface area contributed by atoms with Crippen LogP contribution < -0.4 is 0 Å². The van der Waals surface area contributed by atoms with E-state index in [9.17, 15) is 0 Å². The summed E-state index contributed by atoms with van der Waals surface area (Å²) in [6.07, 6.45) is 5.52. The van der Waals surface area contributed by atoms with E-state index in [4.69, 9.17) is 4.74 Å². The molecular weight excluding hydrogens is 264 g/mol. The van der Waals surface area contributed by atoms with Crippen molar-refractivity contribution in [2.75, 3.05) is 26.3 Å². The van der Waals surface area contributed by atoms with E-state index >= 15 is 0 Å². The molecule has 4 rings (SSSR count). The van der Waals surface area contributed by atoms with E-state index in [-0.39, 0.29) is 0 Å². The zero-order valence-corrected chi connectivity index (χ0v) is 12.5. The number of hydrogen-bond donors (Lipinski definition) is 0. The Morgan fingerprint density at radius 1 is 1.24 bits per heavy atom. The van der Waals surface area contributed by atoms with Gasteiger partial charge in [0.15, 0.2) is 5.65 Å². The predicted octanol–water partition coefficient (Wildman–Crippen LogP) is 2.01. The number of rotatable bonds is 2. The normalized spacial score (nSPS) is 24.9. The molecule has 0 amide bonds. The summed E-state index contributed by atoms with van der Waals surface area (Å²) in [5.41, 5.74) is 3.32. The zero-order valence-electron chi connectivity index (χ0n) is 12.5. The third kappa shape index (κ3) is 2.45. The average molecular weight is 286 g/mol. The van der Waals surface area contributed by atoms with Gasteiger partial charge in [0.25, 0.3) is 0 Å². The molecule has 4 heterocycles. The van der Waals surface area contributed by atoms with Crippen LogP contribution in [0.25, 0.3) is 5.65 Å². The lowest BCUT2D eigenvalue weighted by molar-refractivity contribution is 0.121. The number of aryl methyl sites for hydroxylation is 1. The lowest BCUT2D eigenvalue weighted by Crippen LogP contribution is -2.41. The number of nitrogens with zero attached hydrogens (tertiary/aromatic N) is 4. The first kappa shape index (κ1) is 13.2. The van der Waals surface area contributed by atoms with Gasteiger partial charge in [0, 0.05) is 36.5 Å². The smallest absolute Gasteiger partial charge is 0.155 e. The molecule has 0 spiro atoms. The van der Waals surface area contributed by atoms with Crippen LogP contribution in [0, 0.1) is 6.92 Å². The standard InChI is InChI=1S/C16H22N4O/c1-12-10-16-17-6-2-15(20(16)18-12)13-3-7-19(8-4-13)14-5-9-21-11-14/h2,6,10,13-14H,3-5,7-9,11H2,1H3. The van der Waals surface area contributed by atoms with Crippen molar-refractivity contribution in [2.24, 2.45) is 0 Å². The SMILES string of the molecule is Cc1cc2nccc(C3CCN(C4CCOC4)CC3)n2n1. The third-order valence-corrected chi connectivity index (χ3v) is 4.88. The van der Waals surface area contributed by atoms with E-state index < -0.39 is 0 Å². The molecule has 2 aliphatic heterocycles. The first-order valence-corrected chi connectivity index (χ1v) is 7.94. The van der Waals surface area contributed by atoms with Gasteiger partial charge in [-0.2, -0.15) is 5.10 Å². The Labute approximate surface area is 124 Å². The largest absolute Gasteiger partial charge is 0.380 e. The summed E-state index contributed by atoms with van der Waals surface area (Å²) in [5.74, 6) is 0.591. The highest BCUT2D eigenvalue weighted by Crippen LogP contribution is 2.30. The molecule has 2 saturated heterocycles. The second-order valence-electron chi connectivity index (χ2n) is 6.25. The summed E-state index contributed by atoms with van der Waals surface area (Å²) in [7, 11) is 0. The molecular formula is C16H22N4O. The van der Waals surface area contributed by atoms with Gasteiger partial charge in [-0.15, -0.1) is 0 Å². The maximum absolute atomic E-state index is 5.52. The van der Waals surface area contributed by atoms with Crippen LogP contribution in [0.3, 0.4) is 0 Å². The van der Waals surface area contributed by atoms with E-state index in [1.807, 2.05) is 17.6 Å². The average Bonchev–Trinajstić information content (AvgIpc) is 3.15. The second kappa shape index (κ2) is 5.39. The summed E-state index contributed by atoms with van der Waals surface area (Å²) >= 11 is 0. The lowest BCUT2D eigenvalue weighted by atomic mass is 9.92. The minimum atomic E-state index is 0.591. The fourth-order valence-corrected chi connectivity index (χ4v) is 3.71. The Balaban J connectivity index is 1.52. The van der Waals surface area contributed by atoms with Crippen LogP contribution in [0.2, 0.25) is 0 Å². The third-order valence-electron chi connectivity index (χ3n) is 4.88. The van der Waals surface area contributed by atoms with Crippen molar-refractivity contribution in [2.45, 2.75) is 38.1 Å². The topological polar surface area (TPSA) is 42.7 Å². The molecule has 5 heteroatoms. The Hall–Kier alpha value is -1.46. The highest BCUT2D eigenvalue weighted by Gasteiger charge is 2.29. The van der Waals surface area contributed by atoms with Gasteiger partial charge in [-0.3, -0.25) is 4.90 Å². The molecule has 1 atom stereocenters. The van der Waals surface area contributed by atoms with Gasteiger partial charge in [-0.05, 0) is 45.3 Å². The van der Waals surface area contributed by atoms with Crippen molar-refractivity contribution in [3.8, 4) is 0 Å². The first-order chi connectivity index (χ1) is 10.3. The number of fused-ring (bicyclic) bond motifs is 1. The molecule has 2 aliphatic rings. The maximum Gasteiger partial charge on any atom is 0.155 e. The number of aromatic nitrogens is 3. The molecule has 0 saturated carbocycles. The summed E-state index contributed by atoms with van der Waals surface area (Å²) in [4.78, 5) is 7.02. The molecule has 2 aromatic heterocycles. The Morgan fingerprint density at radius 3 is 2.86 bits per heavy atom. The number of ether oxygens (including phenoxy) is 1. The van der Waals surface area contributed by atoms with Crippen LogP contribution in [0.4, 0.5) is 0 Å². The summed E-state index contributed by atoms with van der Waals surface area (Å²) < 4.78 is 7.55. The Kier molecular flexibility index (Phi) is 3.39. The molecule has 112 valence electrons. The molecule has 0 aromatic carbocycles. The quantitative estimate of drug-likeness (QED) is 0.847. The van der Waals surface area contributed by atoms with E-state index in [1.165, 1.54) is 38.0 Å². The molecule has 2 aromatic rings. The molecule has 21 heavy (non-hydrogen) atoms. The Morgan fingerprint density at radius 2 is 2.10 bits per heavy atom. The zero-order chi connectivity index (χ0) is 14.2. The lowest BCUT2D eigenvalue weighted by Gasteiger charge is -2.35. The monoisotopic (exact) mass is 286 g/mol. The van der Waals surface area contributed by atoms with Gasteiger partial charge in [0.1, 0.15) is 0 Å². The number of likely N-dealkylation sites (tertiary alicyclic amines) is 1. The van der Waals surface area contributed by atoms with Gasteiger partial charge >= 0.3 is 0 Å². The number of piperidine rings is 1. The van der Waals surface area contributed by atoms with Crippen molar-refractivity contribution in [3.05, 3.63) is 29.7 Å². The maximum atomic E-state index is 5.52. The molecule has 0 aliphatic carbocycles. The van der Waals surface area contributed by atoms with Gasteiger partial charge in [0.05, 0.1) is 12.3 Å². The van der Waals surface area contributed by atoms with E-state index in [1.54, 1.807) is 0 Å². The van der Waals surface area contributed by atoms with Crippen LogP contribution in [0.1, 0.15) is 36.6 Å².